The Labute approximate surface area is 119 Å². The van der Waals surface area contributed by atoms with Crippen LogP contribution in [0.4, 0.5) is 0 Å². The van der Waals surface area contributed by atoms with Crippen molar-refractivity contribution in [1.29, 1.82) is 0 Å². The van der Waals surface area contributed by atoms with Crippen LogP contribution < -0.4 is 0 Å². The quantitative estimate of drug-likeness (QED) is 0.448. The van der Waals surface area contributed by atoms with Gasteiger partial charge in [-0.3, -0.25) is 0 Å². The molecule has 0 aliphatic carbocycles. The summed E-state index contributed by atoms with van der Waals surface area (Å²) in [5.41, 5.74) is 0. The van der Waals surface area contributed by atoms with Gasteiger partial charge in [0.2, 0.25) is 0 Å². The molecular formula is C10H6Cl4Fe-6. The van der Waals surface area contributed by atoms with Crippen molar-refractivity contribution in [3.8, 4) is 0 Å². The van der Waals surface area contributed by atoms with Gasteiger partial charge >= 0.3 is 0 Å². The number of rotatable bonds is 0. The van der Waals surface area contributed by atoms with Crippen molar-refractivity contribution >= 4 is 46.4 Å². The third-order valence-corrected chi connectivity index (χ3v) is 2.94. The molecule has 2 aromatic carbocycles. The molecule has 0 aliphatic rings. The molecule has 0 amide bonds. The van der Waals surface area contributed by atoms with Gasteiger partial charge in [-0.2, -0.15) is 23.7 Å². The summed E-state index contributed by atoms with van der Waals surface area (Å²) < 4.78 is 0. The zero-order valence-corrected chi connectivity index (χ0v) is 11.5. The fourth-order valence-electron chi connectivity index (χ4n) is 0.753. The first-order valence-electron chi connectivity index (χ1n) is 3.74. The third kappa shape index (κ3) is 5.31. The summed E-state index contributed by atoms with van der Waals surface area (Å²) in [6.45, 7) is 0. The van der Waals surface area contributed by atoms with Gasteiger partial charge in [0.25, 0.3) is 0 Å². The summed E-state index contributed by atoms with van der Waals surface area (Å²) >= 11 is 22.0. The summed E-state index contributed by atoms with van der Waals surface area (Å²) in [5.74, 6) is 0. The topological polar surface area (TPSA) is 0 Å². The van der Waals surface area contributed by atoms with E-state index < -0.39 is 0 Å². The van der Waals surface area contributed by atoms with Crippen LogP contribution in [0.5, 0.6) is 0 Å². The predicted molar refractivity (Wildman–Crippen MR) is 64.1 cm³/mol. The van der Waals surface area contributed by atoms with Crippen LogP contribution in [0.3, 0.4) is 0 Å². The molecule has 0 aliphatic heterocycles. The van der Waals surface area contributed by atoms with Crippen LogP contribution in [0, 0.1) is 0 Å². The van der Waals surface area contributed by atoms with Gasteiger partial charge in [0.1, 0.15) is 0 Å². The van der Waals surface area contributed by atoms with E-state index in [0.29, 0.717) is 20.1 Å². The minimum Gasteiger partial charge on any atom is -0.746 e. The molecule has 0 saturated heterocycles. The molecule has 0 unspecified atom stereocenters. The molecule has 0 atom stereocenters. The van der Waals surface area contributed by atoms with Crippen LogP contribution in [0.25, 0.3) is 0 Å². The maximum Gasteiger partial charge on any atom is 0 e. The van der Waals surface area contributed by atoms with Crippen molar-refractivity contribution < 1.29 is 17.1 Å². The van der Waals surface area contributed by atoms with E-state index in [9.17, 15) is 0 Å². The first-order chi connectivity index (χ1) is 6.61. The maximum absolute atomic E-state index is 5.49. The van der Waals surface area contributed by atoms with E-state index in [1.807, 2.05) is 12.1 Å². The first-order valence-corrected chi connectivity index (χ1v) is 5.26. The van der Waals surface area contributed by atoms with Crippen molar-refractivity contribution in [3.05, 3.63) is 56.5 Å². The summed E-state index contributed by atoms with van der Waals surface area (Å²) in [5, 5.41) is 2.51. The molecular weight excluding hydrogens is 318 g/mol. The van der Waals surface area contributed by atoms with Crippen LogP contribution in [0.1, 0.15) is 0 Å². The molecule has 0 fully saturated rings. The number of hydrogen-bond donors (Lipinski definition) is 0. The van der Waals surface area contributed by atoms with E-state index in [1.54, 1.807) is 24.3 Å². The molecule has 5 heteroatoms. The summed E-state index contributed by atoms with van der Waals surface area (Å²) in [7, 11) is 0. The molecule has 2 aromatic rings. The van der Waals surface area contributed by atoms with Crippen LogP contribution in [0.2, 0.25) is 20.1 Å². The molecule has 0 aromatic heterocycles. The van der Waals surface area contributed by atoms with Crippen LogP contribution in [-0.2, 0) is 17.1 Å². The summed E-state index contributed by atoms with van der Waals surface area (Å²) in [6, 6.07) is 10.6. The normalized spacial score (nSPS) is 8.80. The van der Waals surface area contributed by atoms with Crippen molar-refractivity contribution in [2.75, 3.05) is 0 Å². The molecule has 0 heterocycles. The second-order valence-corrected chi connectivity index (χ2v) is 4.07. The van der Waals surface area contributed by atoms with Crippen molar-refractivity contribution in [2.24, 2.45) is 0 Å². The SMILES string of the molecule is Cl[c-]1[cH-][cH-][cH-][c-]1Cl.Clc1ccc[c-]1Cl.[Fe]. The van der Waals surface area contributed by atoms with Gasteiger partial charge in [-0.25, -0.2) is 6.07 Å². The van der Waals surface area contributed by atoms with E-state index >= 15 is 0 Å². The Kier molecular flexibility index (Phi) is 7.81. The molecule has 0 nitrogen and oxygen atoms in total. The Balaban J connectivity index is 0.000000245. The fraction of sp³-hybridized carbons (Fsp3) is 0. The fourth-order valence-corrected chi connectivity index (χ4v) is 1.30. The monoisotopic (exact) mass is 322 g/mol. The van der Waals surface area contributed by atoms with E-state index in [0.717, 1.165) is 0 Å². The average Bonchev–Trinajstić information content (AvgIpc) is 2.67. The second-order valence-electron chi connectivity index (χ2n) is 2.44. The molecule has 0 bridgehead atoms. The smallest absolute Gasteiger partial charge is 0 e. The Bertz CT molecular complexity index is 320. The minimum absolute atomic E-state index is 0. The molecule has 88 valence electrons. The molecule has 0 spiro atoms. The largest absolute Gasteiger partial charge is 0.746 e. The standard InChI is InChI=1S/2C5H3Cl2.Fe/c2*6-4-2-1-3-5(4)7;/h2*1-3H;/q-5;-1;. The molecule has 2 rings (SSSR count). The second kappa shape index (κ2) is 7.62. The minimum atomic E-state index is 0. The Morgan fingerprint density at radius 3 is 1.73 bits per heavy atom. The van der Waals surface area contributed by atoms with Crippen molar-refractivity contribution in [1.82, 2.24) is 0 Å². The number of halogens is 4. The van der Waals surface area contributed by atoms with Gasteiger partial charge in [0.15, 0.2) is 0 Å². The van der Waals surface area contributed by atoms with Crippen molar-refractivity contribution in [3.63, 3.8) is 0 Å². The maximum atomic E-state index is 5.49. The average molecular weight is 324 g/mol. The van der Waals surface area contributed by atoms with Gasteiger partial charge in [0, 0.05) is 17.1 Å². The van der Waals surface area contributed by atoms with E-state index in [1.165, 1.54) is 0 Å². The van der Waals surface area contributed by atoms with Gasteiger partial charge in [-0.05, 0) is 0 Å². The zero-order valence-electron chi connectivity index (χ0n) is 7.33. The molecule has 0 saturated carbocycles. The molecule has 0 N–H and O–H groups in total. The summed E-state index contributed by atoms with van der Waals surface area (Å²) in [4.78, 5) is 0. The van der Waals surface area contributed by atoms with Gasteiger partial charge in [-0.1, -0.05) is 10.0 Å². The van der Waals surface area contributed by atoms with Crippen LogP contribution >= 0.6 is 46.4 Å². The van der Waals surface area contributed by atoms with Gasteiger partial charge in [-0.15, -0.1) is 11.6 Å². The summed E-state index contributed by atoms with van der Waals surface area (Å²) in [6.07, 6.45) is 0. The molecule has 0 radical (unpaired) electrons. The Hall–Kier alpha value is 0.379. The van der Waals surface area contributed by atoms with Gasteiger partial charge < -0.3 is 51.4 Å². The Morgan fingerprint density at radius 2 is 1.60 bits per heavy atom. The van der Waals surface area contributed by atoms with E-state index in [-0.39, 0.29) is 17.1 Å². The van der Waals surface area contributed by atoms with E-state index in [2.05, 4.69) is 0 Å². The van der Waals surface area contributed by atoms with Gasteiger partial charge in [0.05, 0.1) is 0 Å². The van der Waals surface area contributed by atoms with E-state index in [4.69, 9.17) is 46.4 Å². The first kappa shape index (κ1) is 15.4. The van der Waals surface area contributed by atoms with Crippen LogP contribution in [-0.4, -0.2) is 0 Å². The molecule has 15 heavy (non-hydrogen) atoms. The Morgan fingerprint density at radius 1 is 1.07 bits per heavy atom. The number of hydrogen-bond acceptors (Lipinski definition) is 0. The van der Waals surface area contributed by atoms with Crippen molar-refractivity contribution in [2.45, 2.75) is 0 Å². The zero-order chi connectivity index (χ0) is 10.6. The van der Waals surface area contributed by atoms with Crippen LogP contribution in [0.15, 0.2) is 36.4 Å². The predicted octanol–water partition coefficient (Wildman–Crippen LogP) is 5.42. The third-order valence-electron chi connectivity index (χ3n) is 1.43.